The minimum atomic E-state index is -0.689. The van der Waals surface area contributed by atoms with E-state index in [-0.39, 0.29) is 6.04 Å². The molecule has 0 saturated carbocycles. The largest absolute Gasteiger partial charge is 0.467 e. The van der Waals surface area contributed by atoms with Crippen molar-refractivity contribution < 1.29 is 9.52 Å². The molecule has 0 aliphatic heterocycles. The molecule has 2 atom stereocenters. The Morgan fingerprint density at radius 1 is 1.32 bits per heavy atom. The van der Waals surface area contributed by atoms with E-state index in [0.29, 0.717) is 17.9 Å². The number of aliphatic hydroxyl groups excluding tert-OH is 1. The summed E-state index contributed by atoms with van der Waals surface area (Å²) in [5, 5.41) is 26.8. The summed E-state index contributed by atoms with van der Waals surface area (Å²) < 4.78 is 7.05. The molecular formula is C19H20N4O2. The molecule has 0 radical (unpaired) electrons. The van der Waals surface area contributed by atoms with Gasteiger partial charge in [-0.25, -0.2) is 4.68 Å². The first kappa shape index (κ1) is 17.0. The molecule has 2 N–H and O–H groups in total. The van der Waals surface area contributed by atoms with Crippen LogP contribution in [0.1, 0.15) is 41.7 Å². The summed E-state index contributed by atoms with van der Waals surface area (Å²) in [5.41, 5.74) is 3.59. The molecule has 3 rings (SSSR count). The van der Waals surface area contributed by atoms with Crippen LogP contribution in [0.25, 0.3) is 5.69 Å². The molecule has 0 fully saturated rings. The van der Waals surface area contributed by atoms with Crippen LogP contribution in [0.15, 0.2) is 53.3 Å². The highest BCUT2D eigenvalue weighted by Gasteiger charge is 2.17. The third kappa shape index (κ3) is 3.63. The van der Waals surface area contributed by atoms with Crippen LogP contribution >= 0.6 is 0 Å². The van der Waals surface area contributed by atoms with Gasteiger partial charge in [0.1, 0.15) is 11.9 Å². The van der Waals surface area contributed by atoms with Gasteiger partial charge in [0, 0.05) is 23.8 Å². The highest BCUT2D eigenvalue weighted by Crippen LogP contribution is 2.21. The Hall–Kier alpha value is -2.88. The van der Waals surface area contributed by atoms with Crippen LogP contribution in [0.5, 0.6) is 0 Å². The number of nitrogens with zero attached hydrogens (tertiary/aromatic N) is 3. The summed E-state index contributed by atoms with van der Waals surface area (Å²) in [6.07, 6.45) is 2.68. The molecule has 25 heavy (non-hydrogen) atoms. The average molecular weight is 336 g/mol. The van der Waals surface area contributed by atoms with Gasteiger partial charge in [0.15, 0.2) is 0 Å². The molecule has 6 heteroatoms. The molecule has 2 aromatic heterocycles. The summed E-state index contributed by atoms with van der Waals surface area (Å²) >= 11 is 0. The number of furan rings is 1. The van der Waals surface area contributed by atoms with Crippen molar-refractivity contribution >= 4 is 0 Å². The van der Waals surface area contributed by atoms with Crippen LogP contribution in [0.2, 0.25) is 0 Å². The zero-order valence-electron chi connectivity index (χ0n) is 14.2. The van der Waals surface area contributed by atoms with Crippen molar-refractivity contribution in [3.8, 4) is 11.8 Å². The fourth-order valence-corrected chi connectivity index (χ4v) is 2.76. The molecule has 0 amide bonds. The second-order valence-corrected chi connectivity index (χ2v) is 5.92. The SMILES string of the molecule is Cc1c(C(C)NCC(O)c2ccco2)cnn1-c1ccc(C#N)cc1. The minimum Gasteiger partial charge on any atom is -0.467 e. The van der Waals surface area contributed by atoms with E-state index in [2.05, 4.69) is 16.5 Å². The minimum absolute atomic E-state index is 0.0248. The number of hydrogen-bond donors (Lipinski definition) is 2. The molecule has 128 valence electrons. The molecule has 0 spiro atoms. The van der Waals surface area contributed by atoms with Gasteiger partial charge in [-0.1, -0.05) is 0 Å². The van der Waals surface area contributed by atoms with Crippen LogP contribution in [-0.2, 0) is 0 Å². The smallest absolute Gasteiger partial charge is 0.133 e. The van der Waals surface area contributed by atoms with E-state index in [1.165, 1.54) is 0 Å². The van der Waals surface area contributed by atoms with Gasteiger partial charge in [-0.05, 0) is 50.2 Å². The number of aliphatic hydroxyl groups is 1. The van der Waals surface area contributed by atoms with Crippen molar-refractivity contribution in [3.05, 3.63) is 71.4 Å². The fraction of sp³-hybridized carbons (Fsp3) is 0.263. The van der Waals surface area contributed by atoms with Gasteiger partial charge in [-0.15, -0.1) is 0 Å². The van der Waals surface area contributed by atoms with E-state index in [1.807, 2.05) is 36.9 Å². The lowest BCUT2D eigenvalue weighted by atomic mass is 10.1. The van der Waals surface area contributed by atoms with Gasteiger partial charge in [0.05, 0.1) is 29.8 Å². The van der Waals surface area contributed by atoms with E-state index >= 15 is 0 Å². The Morgan fingerprint density at radius 3 is 2.72 bits per heavy atom. The zero-order chi connectivity index (χ0) is 17.8. The second-order valence-electron chi connectivity index (χ2n) is 5.92. The molecule has 1 aromatic carbocycles. The van der Waals surface area contributed by atoms with Gasteiger partial charge in [-0.3, -0.25) is 0 Å². The first-order chi connectivity index (χ1) is 12.1. The van der Waals surface area contributed by atoms with E-state index in [0.717, 1.165) is 16.9 Å². The van der Waals surface area contributed by atoms with Crippen LogP contribution in [0.4, 0.5) is 0 Å². The van der Waals surface area contributed by atoms with Gasteiger partial charge in [0.25, 0.3) is 0 Å². The molecule has 3 aromatic rings. The summed E-state index contributed by atoms with van der Waals surface area (Å²) in [7, 11) is 0. The predicted molar refractivity (Wildman–Crippen MR) is 93.1 cm³/mol. The summed E-state index contributed by atoms with van der Waals surface area (Å²) in [6, 6.07) is 13.0. The Morgan fingerprint density at radius 2 is 2.08 bits per heavy atom. The van der Waals surface area contributed by atoms with Crippen LogP contribution < -0.4 is 5.32 Å². The molecule has 0 saturated heterocycles. The maximum absolute atomic E-state index is 10.1. The lowest BCUT2D eigenvalue weighted by molar-refractivity contribution is 0.144. The van der Waals surface area contributed by atoms with Crippen LogP contribution in [0.3, 0.4) is 0 Å². The van der Waals surface area contributed by atoms with E-state index in [9.17, 15) is 5.11 Å². The Kier molecular flexibility index (Phi) is 4.98. The Bertz CT molecular complexity index is 860. The van der Waals surface area contributed by atoms with Gasteiger partial charge < -0.3 is 14.8 Å². The zero-order valence-corrected chi connectivity index (χ0v) is 14.2. The number of aromatic nitrogens is 2. The predicted octanol–water partition coefficient (Wildman–Crippen LogP) is 3.03. The Labute approximate surface area is 146 Å². The topological polar surface area (TPSA) is 87.0 Å². The quantitative estimate of drug-likeness (QED) is 0.722. The summed E-state index contributed by atoms with van der Waals surface area (Å²) in [4.78, 5) is 0. The highest BCUT2D eigenvalue weighted by molar-refractivity contribution is 5.41. The third-order valence-corrected chi connectivity index (χ3v) is 4.24. The van der Waals surface area contributed by atoms with Crippen molar-refractivity contribution in [2.24, 2.45) is 0 Å². The number of benzene rings is 1. The number of hydrogen-bond acceptors (Lipinski definition) is 5. The summed E-state index contributed by atoms with van der Waals surface area (Å²) in [6.45, 7) is 4.42. The van der Waals surface area contributed by atoms with E-state index in [4.69, 9.17) is 9.68 Å². The first-order valence-electron chi connectivity index (χ1n) is 8.10. The van der Waals surface area contributed by atoms with Crippen molar-refractivity contribution in [1.82, 2.24) is 15.1 Å². The maximum atomic E-state index is 10.1. The van der Waals surface area contributed by atoms with Crippen molar-refractivity contribution in [1.29, 1.82) is 5.26 Å². The van der Waals surface area contributed by atoms with E-state index < -0.39 is 6.10 Å². The number of nitrogens with one attached hydrogen (secondary N) is 1. The average Bonchev–Trinajstić information content (AvgIpc) is 3.29. The van der Waals surface area contributed by atoms with Crippen molar-refractivity contribution in [3.63, 3.8) is 0 Å². The molecule has 0 bridgehead atoms. The van der Waals surface area contributed by atoms with Crippen LogP contribution in [0, 0.1) is 18.3 Å². The molecule has 0 aliphatic rings. The normalized spacial score (nSPS) is 13.4. The number of nitriles is 1. The molecule has 2 heterocycles. The Balaban J connectivity index is 1.70. The standard InChI is InChI=1S/C19H20N4O2/c1-13(21-12-18(24)19-4-3-9-25-19)17-11-22-23(14(17)2)16-7-5-15(10-20)6-8-16/h3-9,11,13,18,21,24H,12H2,1-2H3. The van der Waals surface area contributed by atoms with Crippen molar-refractivity contribution in [2.75, 3.05) is 6.54 Å². The fourth-order valence-electron chi connectivity index (χ4n) is 2.76. The lowest BCUT2D eigenvalue weighted by Crippen LogP contribution is -2.24. The van der Waals surface area contributed by atoms with Crippen LogP contribution in [-0.4, -0.2) is 21.4 Å². The van der Waals surface area contributed by atoms with Crippen molar-refractivity contribution in [2.45, 2.75) is 26.0 Å². The first-order valence-corrected chi connectivity index (χ1v) is 8.10. The molecular weight excluding hydrogens is 316 g/mol. The molecule has 0 aliphatic carbocycles. The maximum Gasteiger partial charge on any atom is 0.133 e. The summed E-state index contributed by atoms with van der Waals surface area (Å²) in [5.74, 6) is 0.546. The lowest BCUT2D eigenvalue weighted by Gasteiger charge is -2.16. The monoisotopic (exact) mass is 336 g/mol. The highest BCUT2D eigenvalue weighted by atomic mass is 16.4. The van der Waals surface area contributed by atoms with E-state index in [1.54, 1.807) is 30.5 Å². The van der Waals surface area contributed by atoms with Gasteiger partial charge in [0.2, 0.25) is 0 Å². The molecule has 6 nitrogen and oxygen atoms in total. The van der Waals surface area contributed by atoms with Gasteiger partial charge in [-0.2, -0.15) is 10.4 Å². The molecule has 2 unspecified atom stereocenters. The second kappa shape index (κ2) is 7.34. The third-order valence-electron chi connectivity index (χ3n) is 4.24. The number of rotatable bonds is 6. The van der Waals surface area contributed by atoms with Gasteiger partial charge >= 0.3 is 0 Å².